The Morgan fingerprint density at radius 3 is 1.34 bits per heavy atom. The summed E-state index contributed by atoms with van der Waals surface area (Å²) in [5.41, 5.74) is 7.77. The van der Waals surface area contributed by atoms with Crippen molar-refractivity contribution >= 4 is 53.9 Å². The molecule has 11 rings (SSSR count). The van der Waals surface area contributed by atoms with E-state index in [2.05, 4.69) is 182 Å². The summed E-state index contributed by atoms with van der Waals surface area (Å²) < 4.78 is 0. The lowest BCUT2D eigenvalue weighted by Gasteiger charge is -2.20. The van der Waals surface area contributed by atoms with Crippen molar-refractivity contribution in [3.63, 3.8) is 0 Å². The number of aromatic nitrogens is 3. The maximum atomic E-state index is 5.21. The molecule has 0 aliphatic heterocycles. The van der Waals surface area contributed by atoms with Gasteiger partial charge in [0.1, 0.15) is 0 Å². The predicted octanol–water partition coefficient (Wildman–Crippen LogP) is 14.0. The van der Waals surface area contributed by atoms with Crippen LogP contribution in [0.4, 0.5) is 0 Å². The van der Waals surface area contributed by atoms with Gasteiger partial charge in [0, 0.05) is 16.7 Å². The second kappa shape index (κ2) is 13.1. The minimum atomic E-state index is 0.644. The Morgan fingerprint density at radius 1 is 0.232 bits per heavy atom. The first-order chi connectivity index (χ1) is 27.8. The van der Waals surface area contributed by atoms with Crippen LogP contribution in [-0.2, 0) is 0 Å². The van der Waals surface area contributed by atoms with Gasteiger partial charge in [-0.05, 0) is 88.2 Å². The van der Waals surface area contributed by atoms with Crippen molar-refractivity contribution in [3.8, 4) is 56.4 Å². The molecule has 0 N–H and O–H groups in total. The largest absolute Gasteiger partial charge is 0.208 e. The van der Waals surface area contributed by atoms with E-state index >= 15 is 0 Å². The van der Waals surface area contributed by atoms with Gasteiger partial charge >= 0.3 is 0 Å². The van der Waals surface area contributed by atoms with Crippen LogP contribution in [0.2, 0.25) is 0 Å². The number of nitrogens with zero attached hydrogens (tertiary/aromatic N) is 3. The number of benzene rings is 10. The van der Waals surface area contributed by atoms with Gasteiger partial charge in [-0.3, -0.25) is 0 Å². The molecule has 0 aliphatic carbocycles. The molecule has 1 heterocycles. The highest BCUT2D eigenvalue weighted by Gasteiger charge is 2.21. The molecule has 11 aromatic rings. The highest BCUT2D eigenvalue weighted by molar-refractivity contribution is 6.25. The molecular formula is C53H33N3. The van der Waals surface area contributed by atoms with Crippen molar-refractivity contribution in [1.82, 2.24) is 15.0 Å². The van der Waals surface area contributed by atoms with Crippen LogP contribution in [0.25, 0.3) is 110 Å². The minimum absolute atomic E-state index is 0.644. The fourth-order valence-electron chi connectivity index (χ4n) is 8.53. The van der Waals surface area contributed by atoms with E-state index in [0.717, 1.165) is 32.8 Å². The van der Waals surface area contributed by atoms with E-state index in [-0.39, 0.29) is 0 Å². The Balaban J connectivity index is 1.16. The molecule has 0 bridgehead atoms. The molecule has 0 amide bonds. The quantitative estimate of drug-likeness (QED) is 0.167. The van der Waals surface area contributed by atoms with E-state index in [9.17, 15) is 0 Å². The Bertz CT molecular complexity index is 3250. The van der Waals surface area contributed by atoms with E-state index in [0.29, 0.717) is 17.5 Å². The van der Waals surface area contributed by atoms with Gasteiger partial charge < -0.3 is 0 Å². The van der Waals surface area contributed by atoms with Gasteiger partial charge in [0.25, 0.3) is 0 Å². The summed E-state index contributed by atoms with van der Waals surface area (Å²) in [6.45, 7) is 0. The summed E-state index contributed by atoms with van der Waals surface area (Å²) in [5, 5.41) is 12.0. The third kappa shape index (κ3) is 5.25. The molecule has 260 valence electrons. The predicted molar refractivity (Wildman–Crippen MR) is 235 cm³/mol. The number of fused-ring (bicyclic) bond motifs is 5. The standard InChI is InChI=1S/C53H33N3/c1-2-17-36(18-3-1)51-54-52(38-30-29-34-15-4-5-19-37(34)33-38)56-53(55-51)48-32-31-47(40-22-8-9-23-41(40)48)50-45-26-12-10-24-43(45)49(44-25-11-13-27-46(44)50)42-28-14-20-35-16-6-7-21-39(35)42/h1-33H. The molecule has 0 aliphatic rings. The molecule has 3 nitrogen and oxygen atoms in total. The van der Waals surface area contributed by atoms with Gasteiger partial charge in [-0.15, -0.1) is 0 Å². The Kier molecular flexibility index (Phi) is 7.49. The van der Waals surface area contributed by atoms with Gasteiger partial charge in [-0.25, -0.2) is 15.0 Å². The summed E-state index contributed by atoms with van der Waals surface area (Å²) in [4.78, 5) is 15.4. The minimum Gasteiger partial charge on any atom is -0.208 e. The van der Waals surface area contributed by atoms with Crippen LogP contribution in [0, 0.1) is 0 Å². The second-order valence-electron chi connectivity index (χ2n) is 14.3. The number of hydrogen-bond acceptors (Lipinski definition) is 3. The van der Waals surface area contributed by atoms with Gasteiger partial charge in [0.15, 0.2) is 17.5 Å². The summed E-state index contributed by atoms with van der Waals surface area (Å²) in [6, 6.07) is 71.3. The molecular weight excluding hydrogens is 679 g/mol. The van der Waals surface area contributed by atoms with E-state index in [1.54, 1.807) is 0 Å². The van der Waals surface area contributed by atoms with Crippen molar-refractivity contribution in [2.75, 3.05) is 0 Å². The maximum Gasteiger partial charge on any atom is 0.164 e. The molecule has 0 fully saturated rings. The molecule has 0 radical (unpaired) electrons. The molecule has 0 atom stereocenters. The van der Waals surface area contributed by atoms with E-state index in [4.69, 9.17) is 15.0 Å². The van der Waals surface area contributed by atoms with E-state index < -0.39 is 0 Å². The van der Waals surface area contributed by atoms with Crippen LogP contribution < -0.4 is 0 Å². The van der Waals surface area contributed by atoms with Crippen molar-refractivity contribution in [2.24, 2.45) is 0 Å². The Morgan fingerprint density at radius 2 is 0.679 bits per heavy atom. The van der Waals surface area contributed by atoms with Crippen molar-refractivity contribution in [2.45, 2.75) is 0 Å². The fraction of sp³-hybridized carbons (Fsp3) is 0. The Labute approximate surface area is 324 Å². The monoisotopic (exact) mass is 711 g/mol. The van der Waals surface area contributed by atoms with Crippen LogP contribution >= 0.6 is 0 Å². The fourth-order valence-corrected chi connectivity index (χ4v) is 8.53. The second-order valence-corrected chi connectivity index (χ2v) is 14.3. The first kappa shape index (κ1) is 32.0. The molecule has 0 unspecified atom stereocenters. The zero-order valence-corrected chi connectivity index (χ0v) is 30.4. The highest BCUT2D eigenvalue weighted by Crippen LogP contribution is 2.47. The number of rotatable bonds is 5. The maximum absolute atomic E-state index is 5.21. The average Bonchev–Trinajstić information content (AvgIpc) is 3.28. The normalized spacial score (nSPS) is 11.6. The average molecular weight is 712 g/mol. The summed E-state index contributed by atoms with van der Waals surface area (Å²) in [7, 11) is 0. The summed E-state index contributed by atoms with van der Waals surface area (Å²) in [5.74, 6) is 1.94. The van der Waals surface area contributed by atoms with Crippen LogP contribution in [0.1, 0.15) is 0 Å². The van der Waals surface area contributed by atoms with Crippen molar-refractivity contribution in [1.29, 1.82) is 0 Å². The lowest BCUT2D eigenvalue weighted by molar-refractivity contribution is 1.08. The van der Waals surface area contributed by atoms with Crippen LogP contribution in [0.15, 0.2) is 200 Å². The molecule has 56 heavy (non-hydrogen) atoms. The highest BCUT2D eigenvalue weighted by atomic mass is 15.0. The molecule has 0 spiro atoms. The molecule has 1 aromatic heterocycles. The van der Waals surface area contributed by atoms with Crippen molar-refractivity contribution < 1.29 is 0 Å². The van der Waals surface area contributed by atoms with Crippen molar-refractivity contribution in [3.05, 3.63) is 200 Å². The lowest BCUT2D eigenvalue weighted by Crippen LogP contribution is -2.01. The van der Waals surface area contributed by atoms with Gasteiger partial charge in [-0.2, -0.15) is 0 Å². The van der Waals surface area contributed by atoms with Gasteiger partial charge in [-0.1, -0.05) is 188 Å². The van der Waals surface area contributed by atoms with Gasteiger partial charge in [0.2, 0.25) is 0 Å². The molecule has 3 heteroatoms. The van der Waals surface area contributed by atoms with E-state index in [1.807, 2.05) is 18.2 Å². The third-order valence-corrected chi connectivity index (χ3v) is 11.1. The van der Waals surface area contributed by atoms with Gasteiger partial charge in [0.05, 0.1) is 0 Å². The lowest BCUT2D eigenvalue weighted by atomic mass is 9.83. The zero-order chi connectivity index (χ0) is 37.0. The van der Waals surface area contributed by atoms with Crippen LogP contribution in [-0.4, -0.2) is 15.0 Å². The van der Waals surface area contributed by atoms with E-state index in [1.165, 1.54) is 60.0 Å². The third-order valence-electron chi connectivity index (χ3n) is 11.1. The topological polar surface area (TPSA) is 38.7 Å². The van der Waals surface area contributed by atoms with Crippen LogP contribution in [0.5, 0.6) is 0 Å². The first-order valence-corrected chi connectivity index (χ1v) is 19.0. The Hall–Kier alpha value is -7.49. The number of hydrogen-bond donors (Lipinski definition) is 0. The SMILES string of the molecule is c1ccc(-c2nc(-c3ccc4ccccc4c3)nc(-c3ccc(-c4c5ccccc5c(-c5cccc6ccccc56)c5ccccc45)c4ccccc34)n2)cc1. The molecule has 10 aromatic carbocycles. The molecule has 0 saturated carbocycles. The smallest absolute Gasteiger partial charge is 0.164 e. The first-order valence-electron chi connectivity index (χ1n) is 19.0. The summed E-state index contributed by atoms with van der Waals surface area (Å²) in [6.07, 6.45) is 0. The summed E-state index contributed by atoms with van der Waals surface area (Å²) >= 11 is 0. The molecule has 0 saturated heterocycles. The zero-order valence-electron chi connectivity index (χ0n) is 30.4. The van der Waals surface area contributed by atoms with Crippen LogP contribution in [0.3, 0.4) is 0 Å².